The normalized spacial score (nSPS) is 16.9. The van der Waals surface area contributed by atoms with Crippen molar-refractivity contribution in [1.29, 1.82) is 0 Å². The highest BCUT2D eigenvalue weighted by Gasteiger charge is 2.30. The first-order valence-corrected chi connectivity index (χ1v) is 9.09. The second kappa shape index (κ2) is 6.25. The number of nitrogens with one attached hydrogen (secondary N) is 1. The van der Waals surface area contributed by atoms with Gasteiger partial charge in [0.25, 0.3) is 5.89 Å². The molecule has 0 atom stereocenters. The number of rotatable bonds is 2. The predicted molar refractivity (Wildman–Crippen MR) is 97.9 cm³/mol. The van der Waals surface area contributed by atoms with Crippen LogP contribution in [0.1, 0.15) is 56.4 Å². The van der Waals surface area contributed by atoms with Crippen LogP contribution in [0.5, 0.6) is 0 Å². The molecule has 1 aliphatic heterocycles. The van der Waals surface area contributed by atoms with Crippen molar-refractivity contribution in [1.82, 2.24) is 15.5 Å². The van der Waals surface area contributed by atoms with E-state index in [4.69, 9.17) is 4.52 Å². The van der Waals surface area contributed by atoms with Crippen molar-refractivity contribution < 1.29 is 14.1 Å². The molecule has 6 heteroatoms. The molecule has 1 aromatic heterocycles. The number of piperidine rings is 1. The van der Waals surface area contributed by atoms with Gasteiger partial charge in [-0.2, -0.15) is 4.98 Å². The molecule has 2 heterocycles. The van der Waals surface area contributed by atoms with E-state index < -0.39 is 0 Å². The Morgan fingerprint density at radius 3 is 2.30 bits per heavy atom. The highest BCUT2D eigenvalue weighted by atomic mass is 16.5. The van der Waals surface area contributed by atoms with E-state index in [9.17, 15) is 9.59 Å². The summed E-state index contributed by atoms with van der Waals surface area (Å²) >= 11 is 0. The molecule has 0 unspecified atom stereocenters. The fraction of sp³-hybridized carbons (Fsp3) is 0.238. The number of hydrogen-bond acceptors (Lipinski definition) is 6. The van der Waals surface area contributed by atoms with E-state index in [0.29, 0.717) is 39.5 Å². The summed E-state index contributed by atoms with van der Waals surface area (Å²) in [6, 6.07) is 12.0. The number of fused-ring (bicyclic) bond motifs is 2. The van der Waals surface area contributed by atoms with Gasteiger partial charge in [-0.15, -0.1) is 0 Å². The number of carbonyl (C=O) groups excluding carboxylic acids is 2. The standard InChI is InChI=1S/C21H17N3O3/c25-18-14-3-1-2-4-15(14)19(26)17-11-13(5-6-16(17)18)21-23-20(24-27-21)12-7-9-22-10-8-12/h1-6,11-12,22H,7-10H2. The molecule has 0 radical (unpaired) electrons. The molecule has 0 saturated carbocycles. The van der Waals surface area contributed by atoms with Crippen molar-refractivity contribution in [3.05, 3.63) is 70.5 Å². The molecule has 0 bridgehead atoms. The summed E-state index contributed by atoms with van der Waals surface area (Å²) in [6.07, 6.45) is 1.96. The summed E-state index contributed by atoms with van der Waals surface area (Å²) in [5, 5.41) is 7.45. The van der Waals surface area contributed by atoms with E-state index >= 15 is 0 Å². The minimum absolute atomic E-state index is 0.132. The maximum Gasteiger partial charge on any atom is 0.257 e. The highest BCUT2D eigenvalue weighted by molar-refractivity contribution is 6.28. The molecule has 1 fully saturated rings. The minimum atomic E-state index is -0.153. The summed E-state index contributed by atoms with van der Waals surface area (Å²) < 4.78 is 5.45. The van der Waals surface area contributed by atoms with Gasteiger partial charge in [0.1, 0.15) is 0 Å². The quantitative estimate of drug-likeness (QED) is 0.592. The van der Waals surface area contributed by atoms with Crippen molar-refractivity contribution in [2.45, 2.75) is 18.8 Å². The Morgan fingerprint density at radius 2 is 1.56 bits per heavy atom. The Morgan fingerprint density at radius 1 is 0.889 bits per heavy atom. The van der Waals surface area contributed by atoms with Gasteiger partial charge in [-0.1, -0.05) is 29.4 Å². The van der Waals surface area contributed by atoms with E-state index in [1.807, 2.05) is 0 Å². The van der Waals surface area contributed by atoms with E-state index in [-0.39, 0.29) is 17.5 Å². The molecule has 0 amide bonds. The maximum absolute atomic E-state index is 12.9. The van der Waals surface area contributed by atoms with Gasteiger partial charge in [-0.05, 0) is 44.1 Å². The second-order valence-corrected chi connectivity index (χ2v) is 6.95. The molecule has 5 rings (SSSR count). The van der Waals surface area contributed by atoms with Crippen molar-refractivity contribution in [2.75, 3.05) is 13.1 Å². The Bertz CT molecular complexity index is 1060. The van der Waals surface area contributed by atoms with Gasteiger partial charge in [-0.25, -0.2) is 0 Å². The summed E-state index contributed by atoms with van der Waals surface area (Å²) in [5.41, 5.74) is 2.35. The zero-order valence-electron chi connectivity index (χ0n) is 14.6. The SMILES string of the molecule is O=C1c2ccccc2C(=O)c2cc(-c3nc(C4CCNCC4)no3)ccc21. The van der Waals surface area contributed by atoms with Crippen LogP contribution in [0.2, 0.25) is 0 Å². The molecule has 2 aliphatic rings. The third kappa shape index (κ3) is 2.61. The van der Waals surface area contributed by atoms with Crippen LogP contribution in [-0.2, 0) is 0 Å². The lowest BCUT2D eigenvalue weighted by molar-refractivity contribution is 0.0979. The maximum atomic E-state index is 12.9. The Kier molecular flexibility index (Phi) is 3.72. The lowest BCUT2D eigenvalue weighted by Gasteiger charge is -2.19. The van der Waals surface area contributed by atoms with Gasteiger partial charge < -0.3 is 9.84 Å². The van der Waals surface area contributed by atoms with Crippen molar-refractivity contribution in [2.24, 2.45) is 0 Å². The molecule has 3 aromatic rings. The minimum Gasteiger partial charge on any atom is -0.334 e. The molecule has 1 aliphatic carbocycles. The van der Waals surface area contributed by atoms with Gasteiger partial charge in [0.05, 0.1) is 0 Å². The van der Waals surface area contributed by atoms with Crippen LogP contribution < -0.4 is 5.32 Å². The van der Waals surface area contributed by atoms with Crippen LogP contribution in [0, 0.1) is 0 Å². The summed E-state index contributed by atoms with van der Waals surface area (Å²) in [5.74, 6) is 1.09. The van der Waals surface area contributed by atoms with Crippen LogP contribution in [0.4, 0.5) is 0 Å². The van der Waals surface area contributed by atoms with Crippen LogP contribution >= 0.6 is 0 Å². The first-order valence-electron chi connectivity index (χ1n) is 9.09. The van der Waals surface area contributed by atoms with Crippen LogP contribution in [0.25, 0.3) is 11.5 Å². The fourth-order valence-corrected chi connectivity index (χ4v) is 3.83. The molecule has 2 aromatic carbocycles. The van der Waals surface area contributed by atoms with Gasteiger partial charge in [0, 0.05) is 33.7 Å². The highest BCUT2D eigenvalue weighted by Crippen LogP contribution is 2.31. The van der Waals surface area contributed by atoms with Gasteiger partial charge in [0.15, 0.2) is 17.4 Å². The molecular weight excluding hydrogens is 342 g/mol. The number of hydrogen-bond donors (Lipinski definition) is 1. The molecule has 1 N–H and O–H groups in total. The van der Waals surface area contributed by atoms with E-state index in [2.05, 4.69) is 15.5 Å². The van der Waals surface area contributed by atoms with E-state index in [0.717, 1.165) is 25.9 Å². The zero-order chi connectivity index (χ0) is 18.4. The summed E-state index contributed by atoms with van der Waals surface area (Å²) in [6.45, 7) is 1.90. The Hall–Kier alpha value is -3.12. The first-order chi connectivity index (χ1) is 13.2. The monoisotopic (exact) mass is 359 g/mol. The number of nitrogens with zero attached hydrogens (tertiary/aromatic N) is 2. The lowest BCUT2D eigenvalue weighted by Crippen LogP contribution is -2.27. The largest absolute Gasteiger partial charge is 0.334 e. The molecule has 1 saturated heterocycles. The topological polar surface area (TPSA) is 85.1 Å². The average Bonchev–Trinajstić information content (AvgIpc) is 3.23. The van der Waals surface area contributed by atoms with Gasteiger partial charge in [-0.3, -0.25) is 9.59 Å². The van der Waals surface area contributed by atoms with Gasteiger partial charge >= 0.3 is 0 Å². The van der Waals surface area contributed by atoms with Crippen molar-refractivity contribution in [3.63, 3.8) is 0 Å². The van der Waals surface area contributed by atoms with Crippen molar-refractivity contribution >= 4 is 11.6 Å². The van der Waals surface area contributed by atoms with Gasteiger partial charge in [0.2, 0.25) is 0 Å². The molecular formula is C21H17N3O3. The number of aromatic nitrogens is 2. The molecule has 27 heavy (non-hydrogen) atoms. The Labute approximate surface area is 155 Å². The number of benzene rings is 2. The average molecular weight is 359 g/mol. The van der Waals surface area contributed by atoms with Crippen LogP contribution in [-0.4, -0.2) is 34.8 Å². The smallest absolute Gasteiger partial charge is 0.257 e. The lowest BCUT2D eigenvalue weighted by atomic mass is 9.83. The third-order valence-electron chi connectivity index (χ3n) is 5.32. The second-order valence-electron chi connectivity index (χ2n) is 6.95. The van der Waals surface area contributed by atoms with Crippen LogP contribution in [0.3, 0.4) is 0 Å². The first kappa shape index (κ1) is 16.1. The predicted octanol–water partition coefficient (Wildman–Crippen LogP) is 2.98. The summed E-state index contributed by atoms with van der Waals surface area (Å²) in [4.78, 5) is 30.1. The molecule has 134 valence electrons. The molecule has 0 spiro atoms. The van der Waals surface area contributed by atoms with E-state index in [1.165, 1.54) is 0 Å². The number of ketones is 2. The zero-order valence-corrected chi connectivity index (χ0v) is 14.6. The fourth-order valence-electron chi connectivity index (χ4n) is 3.83. The van der Waals surface area contributed by atoms with E-state index in [1.54, 1.807) is 42.5 Å². The Balaban J connectivity index is 1.52. The number of carbonyl (C=O) groups is 2. The summed E-state index contributed by atoms with van der Waals surface area (Å²) in [7, 11) is 0. The van der Waals surface area contributed by atoms with Crippen molar-refractivity contribution in [3.8, 4) is 11.5 Å². The third-order valence-corrected chi connectivity index (χ3v) is 5.32. The molecule has 6 nitrogen and oxygen atoms in total. The van der Waals surface area contributed by atoms with Crippen LogP contribution in [0.15, 0.2) is 47.0 Å².